The molecule has 2 aromatic carbocycles. The van der Waals surface area contributed by atoms with E-state index in [1.54, 1.807) is 6.07 Å². The van der Waals surface area contributed by atoms with E-state index in [1.165, 1.54) is 31.2 Å². The monoisotopic (exact) mass is 556 g/mol. The molecule has 212 valence electrons. The van der Waals surface area contributed by atoms with Gasteiger partial charge >= 0.3 is 0 Å². The highest BCUT2D eigenvalue weighted by atomic mass is 35.5. The van der Waals surface area contributed by atoms with E-state index in [2.05, 4.69) is 20.9 Å². The molecule has 1 aliphatic carbocycles. The molecule has 4 N–H and O–H groups in total. The van der Waals surface area contributed by atoms with E-state index in [0.29, 0.717) is 56.5 Å². The molecule has 0 atom stereocenters. The Balaban J connectivity index is 1.23. The minimum Gasteiger partial charge on any atom is -0.506 e. The van der Waals surface area contributed by atoms with E-state index in [-0.39, 0.29) is 24.2 Å². The lowest BCUT2D eigenvalue weighted by atomic mass is 10.1. The van der Waals surface area contributed by atoms with Crippen LogP contribution in [0.1, 0.15) is 56.1 Å². The lowest BCUT2D eigenvalue weighted by Gasteiger charge is -2.32. The van der Waals surface area contributed by atoms with Gasteiger partial charge in [0.2, 0.25) is 5.91 Å². The topological polar surface area (TPSA) is 103 Å². The van der Waals surface area contributed by atoms with Crippen LogP contribution in [0.5, 0.6) is 11.5 Å². The molecule has 1 heterocycles. The Labute approximate surface area is 236 Å². The second kappa shape index (κ2) is 15.1. The van der Waals surface area contributed by atoms with Crippen LogP contribution in [0.2, 0.25) is 5.02 Å². The molecule has 2 amide bonds. The number of nitrogens with one attached hydrogen (secondary N) is 3. The lowest BCUT2D eigenvalue weighted by molar-refractivity contribution is -0.133. The van der Waals surface area contributed by atoms with Crippen LogP contribution in [0, 0.1) is 0 Å². The number of halogens is 1. The number of phenolic OH excluding ortho intramolecular Hbond substituents is 1. The van der Waals surface area contributed by atoms with Gasteiger partial charge in [-0.2, -0.15) is 0 Å². The van der Waals surface area contributed by atoms with Gasteiger partial charge in [0.1, 0.15) is 11.4 Å². The van der Waals surface area contributed by atoms with Crippen molar-refractivity contribution < 1.29 is 19.4 Å². The highest BCUT2D eigenvalue weighted by Crippen LogP contribution is 2.39. The first kappa shape index (κ1) is 29.2. The first-order chi connectivity index (χ1) is 19.0. The number of aromatic hydroxyl groups is 1. The van der Waals surface area contributed by atoms with Crippen molar-refractivity contribution in [3.05, 3.63) is 52.5 Å². The summed E-state index contributed by atoms with van der Waals surface area (Å²) in [6, 6.07) is 11.6. The number of hydrogen-bond acceptors (Lipinski definition) is 6. The van der Waals surface area contributed by atoms with Crippen molar-refractivity contribution in [2.45, 2.75) is 63.8 Å². The fraction of sp³-hybridized carbons (Fsp3) is 0.533. The van der Waals surface area contributed by atoms with Gasteiger partial charge in [0.25, 0.3) is 5.91 Å². The molecular weight excluding hydrogens is 516 g/mol. The molecule has 9 heteroatoms. The molecule has 0 bridgehead atoms. The summed E-state index contributed by atoms with van der Waals surface area (Å²) in [7, 11) is 0. The number of fused-ring (bicyclic) bond motifs is 1. The van der Waals surface area contributed by atoms with Crippen molar-refractivity contribution in [3.8, 4) is 11.5 Å². The summed E-state index contributed by atoms with van der Waals surface area (Å²) in [5, 5.41) is 20.4. The fourth-order valence-corrected chi connectivity index (χ4v) is 5.51. The highest BCUT2D eigenvalue weighted by molar-refractivity contribution is 6.30. The van der Waals surface area contributed by atoms with Crippen molar-refractivity contribution in [1.82, 2.24) is 15.5 Å². The smallest absolute Gasteiger partial charge is 0.262 e. The average Bonchev–Trinajstić information content (AvgIpc) is 3.22. The number of carbonyl (C=O) groups excluding carboxylic acids is 2. The summed E-state index contributed by atoms with van der Waals surface area (Å²) >= 11 is 5.96. The minimum atomic E-state index is -0.270. The number of carbonyl (C=O) groups is 2. The Bertz CT molecular complexity index is 1090. The summed E-state index contributed by atoms with van der Waals surface area (Å²) in [5.74, 6) is 0.495. The maximum atomic E-state index is 13.3. The molecular formula is C30H41ClN4O4. The molecule has 0 radical (unpaired) electrons. The second-order valence-electron chi connectivity index (χ2n) is 10.4. The number of benzene rings is 2. The Hall–Kier alpha value is -2.81. The predicted molar refractivity (Wildman–Crippen MR) is 155 cm³/mol. The predicted octanol–water partition coefficient (Wildman–Crippen LogP) is 4.28. The highest BCUT2D eigenvalue weighted by Gasteiger charge is 2.24. The number of anilines is 1. The van der Waals surface area contributed by atoms with Crippen LogP contribution in [0.3, 0.4) is 0 Å². The van der Waals surface area contributed by atoms with E-state index in [9.17, 15) is 14.7 Å². The average molecular weight is 557 g/mol. The third kappa shape index (κ3) is 8.85. The molecule has 4 rings (SSSR count). The summed E-state index contributed by atoms with van der Waals surface area (Å²) in [6.45, 7) is 3.55. The van der Waals surface area contributed by atoms with Crippen LogP contribution in [0.25, 0.3) is 0 Å². The fourth-order valence-electron chi connectivity index (χ4n) is 5.39. The zero-order valence-corrected chi connectivity index (χ0v) is 23.4. The summed E-state index contributed by atoms with van der Waals surface area (Å²) in [4.78, 5) is 27.0. The molecule has 39 heavy (non-hydrogen) atoms. The van der Waals surface area contributed by atoms with Gasteiger partial charge in [-0.1, -0.05) is 55.5 Å². The Morgan fingerprint density at radius 1 is 0.974 bits per heavy atom. The van der Waals surface area contributed by atoms with E-state index in [4.69, 9.17) is 16.3 Å². The van der Waals surface area contributed by atoms with Crippen molar-refractivity contribution in [2.24, 2.45) is 0 Å². The zero-order chi connectivity index (χ0) is 27.5. The van der Waals surface area contributed by atoms with Gasteiger partial charge in [0.15, 0.2) is 12.4 Å². The van der Waals surface area contributed by atoms with Crippen LogP contribution in [0.15, 0.2) is 36.4 Å². The van der Waals surface area contributed by atoms with E-state index in [0.717, 1.165) is 36.4 Å². The van der Waals surface area contributed by atoms with Crippen molar-refractivity contribution >= 4 is 29.1 Å². The third-order valence-corrected chi connectivity index (χ3v) is 7.79. The molecule has 1 fully saturated rings. The van der Waals surface area contributed by atoms with Crippen LogP contribution >= 0.6 is 11.6 Å². The maximum Gasteiger partial charge on any atom is 0.262 e. The molecule has 0 spiro atoms. The first-order valence-electron chi connectivity index (χ1n) is 14.2. The molecule has 0 saturated heterocycles. The molecule has 2 aliphatic rings. The lowest BCUT2D eigenvalue weighted by Crippen LogP contribution is -2.45. The molecule has 1 saturated carbocycles. The number of amides is 2. The maximum absolute atomic E-state index is 13.3. The van der Waals surface area contributed by atoms with Gasteiger partial charge in [0, 0.05) is 37.1 Å². The molecule has 2 aromatic rings. The first-order valence-corrected chi connectivity index (χ1v) is 14.6. The van der Waals surface area contributed by atoms with E-state index >= 15 is 0 Å². The van der Waals surface area contributed by atoms with Crippen LogP contribution in [0.4, 0.5) is 5.69 Å². The van der Waals surface area contributed by atoms with Crippen molar-refractivity contribution in [1.29, 1.82) is 0 Å². The molecule has 8 nitrogen and oxygen atoms in total. The molecule has 0 unspecified atom stereocenters. The Kier molecular flexibility index (Phi) is 11.3. The van der Waals surface area contributed by atoms with Gasteiger partial charge < -0.3 is 30.7 Å². The van der Waals surface area contributed by atoms with Gasteiger partial charge in [-0.3, -0.25) is 9.59 Å². The number of phenols is 1. The van der Waals surface area contributed by atoms with Gasteiger partial charge in [-0.05, 0) is 68.1 Å². The third-order valence-electron chi connectivity index (χ3n) is 7.54. The van der Waals surface area contributed by atoms with Gasteiger partial charge in [0.05, 0.1) is 0 Å². The van der Waals surface area contributed by atoms with E-state index in [1.807, 2.05) is 30.3 Å². The zero-order valence-electron chi connectivity index (χ0n) is 22.6. The van der Waals surface area contributed by atoms with E-state index < -0.39 is 0 Å². The number of nitrogens with zero attached hydrogens (tertiary/aromatic N) is 1. The van der Waals surface area contributed by atoms with Crippen molar-refractivity contribution in [2.75, 3.05) is 44.6 Å². The quantitative estimate of drug-likeness (QED) is 0.167. The largest absolute Gasteiger partial charge is 0.506 e. The SMILES string of the molecule is O=C1COc2c(CCNCCN(C(=O)CCNCCc3ccc(Cl)cc3)C3CCCCCC3)ccc(O)c2N1. The van der Waals surface area contributed by atoms with Crippen LogP contribution < -0.4 is 20.7 Å². The Morgan fingerprint density at radius 2 is 1.69 bits per heavy atom. The molecule has 1 aliphatic heterocycles. The van der Waals surface area contributed by atoms with Crippen LogP contribution in [-0.4, -0.2) is 67.2 Å². The standard InChI is InChI=1S/C30H41ClN4O4/c31-24-10-7-22(8-11-24)13-16-32-18-15-28(38)35(25-5-3-1-2-4-6-25)20-19-33-17-14-23-9-12-26(36)29-30(23)39-21-27(37)34-29/h7-12,25,32-33,36H,1-6,13-21H2,(H,34,37). The summed E-state index contributed by atoms with van der Waals surface area (Å²) in [6.07, 6.45) is 9.13. The number of rotatable bonds is 13. The summed E-state index contributed by atoms with van der Waals surface area (Å²) < 4.78 is 5.59. The van der Waals surface area contributed by atoms with Crippen LogP contribution in [-0.2, 0) is 22.4 Å². The second-order valence-corrected chi connectivity index (χ2v) is 10.8. The number of hydrogen-bond donors (Lipinski definition) is 4. The van der Waals surface area contributed by atoms with Crippen molar-refractivity contribution in [3.63, 3.8) is 0 Å². The number of ether oxygens (including phenoxy) is 1. The Morgan fingerprint density at radius 3 is 2.46 bits per heavy atom. The van der Waals surface area contributed by atoms with Gasteiger partial charge in [-0.25, -0.2) is 0 Å². The normalized spacial score (nSPS) is 15.7. The van der Waals surface area contributed by atoms with Gasteiger partial charge in [-0.15, -0.1) is 0 Å². The molecule has 0 aromatic heterocycles. The summed E-state index contributed by atoms with van der Waals surface area (Å²) in [5.41, 5.74) is 2.50. The minimum absolute atomic E-state index is 0.00628.